The Morgan fingerprint density at radius 3 is 2.88 bits per heavy atom. The highest BCUT2D eigenvalue weighted by Gasteiger charge is 2.40. The first-order valence-corrected chi connectivity index (χ1v) is 8.61. The van der Waals surface area contributed by atoms with Crippen LogP contribution in [0.25, 0.3) is 0 Å². The Kier molecular flexibility index (Phi) is 5.23. The van der Waals surface area contributed by atoms with Gasteiger partial charge in [0.15, 0.2) is 5.82 Å². The fourth-order valence-electron chi connectivity index (χ4n) is 4.43. The molecule has 0 saturated carbocycles. The number of aromatic nitrogens is 2. The van der Waals surface area contributed by atoms with Gasteiger partial charge in [0.05, 0.1) is 13.1 Å². The summed E-state index contributed by atoms with van der Waals surface area (Å²) >= 11 is 0. The van der Waals surface area contributed by atoms with Crippen LogP contribution in [0.2, 0.25) is 0 Å². The first kappa shape index (κ1) is 17.4. The van der Waals surface area contributed by atoms with E-state index in [-0.39, 0.29) is 12.4 Å². The van der Waals surface area contributed by atoms with Crippen molar-refractivity contribution >= 4 is 12.4 Å². The Morgan fingerprint density at radius 2 is 2.04 bits per heavy atom. The fraction of sp³-hybridized carbons (Fsp3) is 0.556. The summed E-state index contributed by atoms with van der Waals surface area (Å²) in [4.78, 5) is 6.84. The maximum Gasteiger partial charge on any atom is 0.240 e. The largest absolute Gasteiger partial charge is 0.338 e. The molecule has 1 atom stereocenters. The zero-order valence-corrected chi connectivity index (χ0v) is 14.7. The van der Waals surface area contributed by atoms with E-state index < -0.39 is 0 Å². The van der Waals surface area contributed by atoms with Crippen LogP contribution in [0.5, 0.6) is 0 Å². The minimum Gasteiger partial charge on any atom is -0.338 e. The first-order valence-electron chi connectivity index (χ1n) is 8.61. The maximum absolute atomic E-state index is 5.55. The standard InChI is InChI=1S/C18H24N4O.ClH/c19-11-17-20-16(21-23-17)12-22-10-4-9-18(13-22)8-3-6-14-5-1-2-7-15(14)18;/h1-2,5,7H,3-4,6,8-13,19H2;1H. The number of hydrogen-bond donors (Lipinski definition) is 1. The van der Waals surface area contributed by atoms with Crippen molar-refractivity contribution in [3.8, 4) is 0 Å². The summed E-state index contributed by atoms with van der Waals surface area (Å²) in [5.74, 6) is 1.28. The van der Waals surface area contributed by atoms with Crippen LogP contribution in [0.3, 0.4) is 0 Å². The van der Waals surface area contributed by atoms with E-state index in [9.17, 15) is 0 Å². The lowest BCUT2D eigenvalue weighted by Crippen LogP contribution is -2.47. The monoisotopic (exact) mass is 348 g/mol. The van der Waals surface area contributed by atoms with Gasteiger partial charge in [0.2, 0.25) is 5.89 Å². The lowest BCUT2D eigenvalue weighted by Gasteiger charge is -2.46. The highest BCUT2D eigenvalue weighted by atomic mass is 35.5. The molecule has 130 valence electrons. The topological polar surface area (TPSA) is 68.2 Å². The van der Waals surface area contributed by atoms with E-state index in [1.807, 2.05) is 0 Å². The number of aryl methyl sites for hydroxylation is 1. The highest BCUT2D eigenvalue weighted by molar-refractivity contribution is 5.85. The summed E-state index contributed by atoms with van der Waals surface area (Å²) in [6.07, 6.45) is 6.34. The molecule has 1 unspecified atom stereocenters. The molecular weight excluding hydrogens is 324 g/mol. The molecule has 2 N–H and O–H groups in total. The van der Waals surface area contributed by atoms with E-state index in [2.05, 4.69) is 39.3 Å². The van der Waals surface area contributed by atoms with Gasteiger partial charge in [-0.25, -0.2) is 0 Å². The lowest BCUT2D eigenvalue weighted by molar-refractivity contribution is 0.122. The summed E-state index contributed by atoms with van der Waals surface area (Å²) in [5, 5.41) is 4.05. The van der Waals surface area contributed by atoms with Crippen molar-refractivity contribution in [3.63, 3.8) is 0 Å². The number of benzene rings is 1. The van der Waals surface area contributed by atoms with Crippen LogP contribution >= 0.6 is 12.4 Å². The van der Waals surface area contributed by atoms with Gasteiger partial charge >= 0.3 is 0 Å². The molecule has 6 heteroatoms. The number of fused-ring (bicyclic) bond motifs is 2. The third-order valence-corrected chi connectivity index (χ3v) is 5.40. The molecule has 0 amide bonds. The molecule has 1 fully saturated rings. The van der Waals surface area contributed by atoms with E-state index in [0.717, 1.165) is 25.5 Å². The quantitative estimate of drug-likeness (QED) is 0.923. The molecule has 24 heavy (non-hydrogen) atoms. The molecule has 5 nitrogen and oxygen atoms in total. The Bertz CT molecular complexity index is 689. The van der Waals surface area contributed by atoms with Crippen molar-refractivity contribution in [1.29, 1.82) is 0 Å². The number of halogens is 1. The fourth-order valence-corrected chi connectivity index (χ4v) is 4.43. The van der Waals surface area contributed by atoms with E-state index in [1.165, 1.54) is 32.1 Å². The van der Waals surface area contributed by atoms with Gasteiger partial charge in [-0.2, -0.15) is 4.98 Å². The molecule has 1 saturated heterocycles. The molecule has 0 radical (unpaired) electrons. The number of nitrogens with two attached hydrogens (primary N) is 1. The lowest BCUT2D eigenvalue weighted by atomic mass is 9.66. The molecule has 1 aromatic heterocycles. The van der Waals surface area contributed by atoms with Gasteiger partial charge in [0.1, 0.15) is 0 Å². The van der Waals surface area contributed by atoms with Crippen molar-refractivity contribution in [3.05, 3.63) is 47.1 Å². The predicted molar refractivity (Wildman–Crippen MR) is 95.0 cm³/mol. The van der Waals surface area contributed by atoms with Crippen molar-refractivity contribution in [2.24, 2.45) is 5.73 Å². The van der Waals surface area contributed by atoms with Crippen molar-refractivity contribution < 1.29 is 4.52 Å². The summed E-state index contributed by atoms with van der Waals surface area (Å²) < 4.78 is 5.14. The second-order valence-electron chi connectivity index (χ2n) is 6.91. The van der Waals surface area contributed by atoms with Crippen LogP contribution in [0, 0.1) is 0 Å². The summed E-state index contributed by atoms with van der Waals surface area (Å²) in [7, 11) is 0. The average molecular weight is 349 g/mol. The first-order chi connectivity index (χ1) is 11.3. The summed E-state index contributed by atoms with van der Waals surface area (Å²) in [6.45, 7) is 3.27. The van der Waals surface area contributed by atoms with Crippen LogP contribution in [0.15, 0.2) is 28.8 Å². The molecule has 2 aromatic rings. The Morgan fingerprint density at radius 1 is 1.21 bits per heavy atom. The molecule has 1 spiro atoms. The summed E-state index contributed by atoms with van der Waals surface area (Å²) in [6, 6.07) is 9.02. The smallest absolute Gasteiger partial charge is 0.240 e. The Labute approximate surface area is 149 Å². The molecule has 0 bridgehead atoms. The predicted octanol–water partition coefficient (Wildman–Crippen LogP) is 2.82. The normalized spacial score (nSPS) is 23.7. The second-order valence-corrected chi connectivity index (χ2v) is 6.91. The van der Waals surface area contributed by atoms with E-state index in [0.29, 0.717) is 17.9 Å². The van der Waals surface area contributed by atoms with Crippen LogP contribution in [0.1, 0.15) is 48.5 Å². The van der Waals surface area contributed by atoms with Gasteiger partial charge in [-0.3, -0.25) is 4.90 Å². The van der Waals surface area contributed by atoms with Crippen LogP contribution in [-0.2, 0) is 24.9 Å². The summed E-state index contributed by atoms with van der Waals surface area (Å²) in [5.41, 5.74) is 8.99. The van der Waals surface area contributed by atoms with E-state index >= 15 is 0 Å². The van der Waals surface area contributed by atoms with E-state index in [4.69, 9.17) is 10.3 Å². The molecule has 2 aliphatic rings. The van der Waals surface area contributed by atoms with Gasteiger partial charge in [0, 0.05) is 12.0 Å². The van der Waals surface area contributed by atoms with Crippen molar-refractivity contribution in [1.82, 2.24) is 15.0 Å². The van der Waals surface area contributed by atoms with Crippen molar-refractivity contribution in [2.45, 2.75) is 50.6 Å². The van der Waals surface area contributed by atoms with Gasteiger partial charge < -0.3 is 10.3 Å². The third kappa shape index (κ3) is 3.21. The molecule has 2 heterocycles. The van der Waals surface area contributed by atoms with Crippen LogP contribution in [0.4, 0.5) is 0 Å². The average Bonchev–Trinajstić information content (AvgIpc) is 3.03. The molecule has 1 aliphatic heterocycles. The number of rotatable bonds is 3. The van der Waals surface area contributed by atoms with Crippen LogP contribution < -0.4 is 5.73 Å². The SMILES string of the molecule is Cl.NCc1nc(CN2CCCC3(CCCc4ccccc43)C2)no1. The van der Waals surface area contributed by atoms with Gasteiger partial charge in [-0.1, -0.05) is 29.4 Å². The minimum atomic E-state index is 0. The molecule has 1 aliphatic carbocycles. The Hall–Kier alpha value is -1.43. The number of likely N-dealkylation sites (tertiary alicyclic amines) is 1. The third-order valence-electron chi connectivity index (χ3n) is 5.40. The van der Waals surface area contributed by atoms with Gasteiger partial charge in [-0.05, 0) is 49.8 Å². The number of nitrogens with zero attached hydrogens (tertiary/aromatic N) is 3. The maximum atomic E-state index is 5.55. The number of piperidine rings is 1. The van der Waals surface area contributed by atoms with E-state index in [1.54, 1.807) is 11.1 Å². The molecular formula is C18H25ClN4O. The highest BCUT2D eigenvalue weighted by Crippen LogP contribution is 2.43. The minimum absolute atomic E-state index is 0. The second kappa shape index (κ2) is 7.21. The van der Waals surface area contributed by atoms with Gasteiger partial charge in [-0.15, -0.1) is 12.4 Å². The zero-order valence-electron chi connectivity index (χ0n) is 13.9. The van der Waals surface area contributed by atoms with Crippen LogP contribution in [-0.4, -0.2) is 28.1 Å². The van der Waals surface area contributed by atoms with Gasteiger partial charge in [0.25, 0.3) is 0 Å². The molecule has 1 aromatic carbocycles. The zero-order chi connectivity index (χ0) is 15.7. The molecule has 4 rings (SSSR count). The Balaban J connectivity index is 0.00000169. The number of hydrogen-bond acceptors (Lipinski definition) is 5. The van der Waals surface area contributed by atoms with Crippen molar-refractivity contribution in [2.75, 3.05) is 13.1 Å².